The molecule has 1 rings (SSSR count). The second-order valence-corrected chi connectivity index (χ2v) is 5.11. The highest BCUT2D eigenvalue weighted by molar-refractivity contribution is 5.28. The number of benzene rings is 1. The van der Waals surface area contributed by atoms with Crippen LogP contribution in [0.25, 0.3) is 0 Å². The second-order valence-electron chi connectivity index (χ2n) is 5.11. The molecule has 1 N–H and O–H groups in total. The summed E-state index contributed by atoms with van der Waals surface area (Å²) in [4.78, 5) is 0. The number of hydrogen-bond donors (Lipinski definition) is 1. The van der Waals surface area contributed by atoms with Crippen molar-refractivity contribution in [2.75, 3.05) is 27.4 Å². The third kappa shape index (κ3) is 6.08. The summed E-state index contributed by atoms with van der Waals surface area (Å²) in [5.74, 6) is 1.50. The van der Waals surface area contributed by atoms with Crippen molar-refractivity contribution in [1.82, 2.24) is 5.32 Å². The van der Waals surface area contributed by atoms with Gasteiger partial charge in [-0.2, -0.15) is 0 Å². The molecule has 19 heavy (non-hydrogen) atoms. The lowest BCUT2D eigenvalue weighted by Crippen LogP contribution is -2.33. The van der Waals surface area contributed by atoms with Crippen molar-refractivity contribution in [3.63, 3.8) is 0 Å². The number of likely N-dealkylation sites (N-methyl/N-ethyl adjacent to an activating group) is 1. The van der Waals surface area contributed by atoms with E-state index in [1.54, 1.807) is 14.2 Å². The lowest BCUT2D eigenvalue weighted by Gasteiger charge is -2.21. The van der Waals surface area contributed by atoms with E-state index in [1.807, 2.05) is 6.07 Å². The van der Waals surface area contributed by atoms with Crippen molar-refractivity contribution < 1.29 is 9.47 Å². The highest BCUT2D eigenvalue weighted by atomic mass is 16.5. The Hall–Kier alpha value is -1.06. The lowest BCUT2D eigenvalue weighted by atomic mass is 9.96. The molecule has 2 unspecified atom stereocenters. The van der Waals surface area contributed by atoms with Crippen LogP contribution in [0.2, 0.25) is 0 Å². The van der Waals surface area contributed by atoms with Crippen LogP contribution in [-0.2, 0) is 11.2 Å². The predicted octanol–water partition coefficient (Wildman–Crippen LogP) is 2.89. The van der Waals surface area contributed by atoms with Gasteiger partial charge in [0.1, 0.15) is 5.75 Å². The summed E-state index contributed by atoms with van der Waals surface area (Å²) < 4.78 is 10.5. The van der Waals surface area contributed by atoms with Crippen LogP contribution in [0.15, 0.2) is 24.3 Å². The molecule has 0 saturated carbocycles. The smallest absolute Gasteiger partial charge is 0.119 e. The minimum absolute atomic E-state index is 0.488. The zero-order valence-electron chi connectivity index (χ0n) is 12.6. The molecule has 0 aliphatic carbocycles. The molecule has 0 amide bonds. The molecule has 0 aliphatic rings. The number of hydrogen-bond acceptors (Lipinski definition) is 3. The Balaban J connectivity index is 2.60. The Labute approximate surface area is 117 Å². The molecule has 0 heterocycles. The second kappa shape index (κ2) is 8.94. The van der Waals surface area contributed by atoms with E-state index < -0.39 is 0 Å². The summed E-state index contributed by atoms with van der Waals surface area (Å²) in [6, 6.07) is 8.80. The largest absolute Gasteiger partial charge is 0.497 e. The minimum Gasteiger partial charge on any atom is -0.497 e. The van der Waals surface area contributed by atoms with Crippen molar-refractivity contribution in [2.24, 2.45) is 5.92 Å². The summed E-state index contributed by atoms with van der Waals surface area (Å²) in [5, 5.41) is 3.56. The van der Waals surface area contributed by atoms with Gasteiger partial charge in [0.25, 0.3) is 0 Å². The van der Waals surface area contributed by atoms with Gasteiger partial charge in [-0.15, -0.1) is 0 Å². The topological polar surface area (TPSA) is 30.5 Å². The van der Waals surface area contributed by atoms with Crippen molar-refractivity contribution in [3.05, 3.63) is 29.8 Å². The zero-order valence-corrected chi connectivity index (χ0v) is 12.6. The highest BCUT2D eigenvalue weighted by Gasteiger charge is 2.13. The molecular formula is C16H27NO2. The van der Waals surface area contributed by atoms with Crippen LogP contribution in [0.1, 0.15) is 25.8 Å². The summed E-state index contributed by atoms with van der Waals surface area (Å²) in [6.07, 6.45) is 2.15. The Morgan fingerprint density at radius 2 is 2.05 bits per heavy atom. The molecule has 0 aliphatic heterocycles. The van der Waals surface area contributed by atoms with Crippen molar-refractivity contribution >= 4 is 0 Å². The summed E-state index contributed by atoms with van der Waals surface area (Å²) in [7, 11) is 3.47. The fourth-order valence-corrected chi connectivity index (χ4v) is 2.45. The van der Waals surface area contributed by atoms with E-state index in [0.717, 1.165) is 31.7 Å². The maximum Gasteiger partial charge on any atom is 0.119 e. The third-order valence-electron chi connectivity index (χ3n) is 3.25. The van der Waals surface area contributed by atoms with E-state index >= 15 is 0 Å². The van der Waals surface area contributed by atoms with Gasteiger partial charge in [-0.1, -0.05) is 26.0 Å². The van der Waals surface area contributed by atoms with Gasteiger partial charge >= 0.3 is 0 Å². The van der Waals surface area contributed by atoms with Crippen LogP contribution in [0.4, 0.5) is 0 Å². The highest BCUT2D eigenvalue weighted by Crippen LogP contribution is 2.16. The van der Waals surface area contributed by atoms with E-state index in [9.17, 15) is 0 Å². The first-order valence-corrected chi connectivity index (χ1v) is 7.04. The summed E-state index contributed by atoms with van der Waals surface area (Å²) in [5.41, 5.74) is 1.31. The van der Waals surface area contributed by atoms with Gasteiger partial charge in [-0.05, 0) is 43.0 Å². The van der Waals surface area contributed by atoms with Crippen LogP contribution in [0.5, 0.6) is 5.75 Å². The molecular weight excluding hydrogens is 238 g/mol. The Bertz CT molecular complexity index is 354. The quantitative estimate of drug-likeness (QED) is 0.744. The van der Waals surface area contributed by atoms with Crippen LogP contribution in [0.3, 0.4) is 0 Å². The van der Waals surface area contributed by atoms with Gasteiger partial charge in [0.05, 0.1) is 7.11 Å². The first-order chi connectivity index (χ1) is 9.19. The number of rotatable bonds is 9. The number of ether oxygens (including phenoxy) is 2. The first kappa shape index (κ1) is 16.0. The van der Waals surface area contributed by atoms with Gasteiger partial charge in [0.2, 0.25) is 0 Å². The Morgan fingerprint density at radius 3 is 2.68 bits per heavy atom. The molecule has 0 aromatic heterocycles. The Morgan fingerprint density at radius 1 is 1.26 bits per heavy atom. The molecule has 0 radical (unpaired) electrons. The third-order valence-corrected chi connectivity index (χ3v) is 3.25. The summed E-state index contributed by atoms with van der Waals surface area (Å²) in [6.45, 7) is 6.20. The van der Waals surface area contributed by atoms with E-state index in [0.29, 0.717) is 12.0 Å². The fourth-order valence-electron chi connectivity index (χ4n) is 2.45. The average molecular weight is 265 g/mol. The van der Waals surface area contributed by atoms with Crippen molar-refractivity contribution in [1.29, 1.82) is 0 Å². The molecule has 0 spiro atoms. The minimum atomic E-state index is 0.488. The van der Waals surface area contributed by atoms with Crippen LogP contribution in [-0.4, -0.2) is 33.4 Å². The van der Waals surface area contributed by atoms with Crippen LogP contribution in [0, 0.1) is 5.92 Å². The van der Waals surface area contributed by atoms with E-state index in [1.165, 1.54) is 5.56 Å². The molecule has 3 heteroatoms. The molecule has 1 aromatic rings. The van der Waals surface area contributed by atoms with Gasteiger partial charge in [-0.3, -0.25) is 0 Å². The molecule has 108 valence electrons. The fraction of sp³-hybridized carbons (Fsp3) is 0.625. The normalized spacial score (nSPS) is 14.1. The summed E-state index contributed by atoms with van der Waals surface area (Å²) >= 11 is 0. The monoisotopic (exact) mass is 265 g/mol. The van der Waals surface area contributed by atoms with Gasteiger partial charge in [0, 0.05) is 19.8 Å². The molecule has 1 aromatic carbocycles. The Kier molecular flexibility index (Phi) is 7.53. The lowest BCUT2D eigenvalue weighted by molar-refractivity contribution is 0.149. The number of methoxy groups -OCH3 is 2. The molecule has 0 saturated heterocycles. The predicted molar refractivity (Wildman–Crippen MR) is 79.8 cm³/mol. The SMILES string of the molecule is CCNC(Cc1cccc(OC)c1)CC(C)COC. The van der Waals surface area contributed by atoms with E-state index in [4.69, 9.17) is 9.47 Å². The van der Waals surface area contributed by atoms with Crippen molar-refractivity contribution in [2.45, 2.75) is 32.7 Å². The van der Waals surface area contributed by atoms with Gasteiger partial charge in [0.15, 0.2) is 0 Å². The standard InChI is InChI=1S/C16H27NO2/c1-5-17-15(9-13(2)12-18-3)10-14-7-6-8-16(11-14)19-4/h6-8,11,13,15,17H,5,9-10,12H2,1-4H3. The zero-order chi connectivity index (χ0) is 14.1. The van der Waals surface area contributed by atoms with E-state index in [2.05, 4.69) is 37.4 Å². The maximum atomic E-state index is 5.28. The van der Waals surface area contributed by atoms with Gasteiger partial charge < -0.3 is 14.8 Å². The maximum absolute atomic E-state index is 5.28. The molecule has 0 fully saturated rings. The molecule has 0 bridgehead atoms. The molecule has 3 nitrogen and oxygen atoms in total. The van der Waals surface area contributed by atoms with Crippen LogP contribution < -0.4 is 10.1 Å². The average Bonchev–Trinajstić information content (AvgIpc) is 2.39. The first-order valence-electron chi connectivity index (χ1n) is 7.04. The van der Waals surface area contributed by atoms with Crippen LogP contribution >= 0.6 is 0 Å². The van der Waals surface area contributed by atoms with E-state index in [-0.39, 0.29) is 0 Å². The molecule has 2 atom stereocenters. The van der Waals surface area contributed by atoms with Crippen molar-refractivity contribution in [3.8, 4) is 5.75 Å². The number of nitrogens with one attached hydrogen (secondary N) is 1. The van der Waals surface area contributed by atoms with Gasteiger partial charge in [-0.25, -0.2) is 0 Å².